The van der Waals surface area contributed by atoms with Crippen LogP contribution in [0.25, 0.3) is 77.6 Å². The lowest BCUT2D eigenvalue weighted by Gasteiger charge is -2.18. The summed E-state index contributed by atoms with van der Waals surface area (Å²) in [5.41, 5.74) is 9.92. The Labute approximate surface area is 265 Å². The number of pyridine rings is 1. The van der Waals surface area contributed by atoms with E-state index in [-0.39, 0.29) is 0 Å². The monoisotopic (exact) mass is 585 g/mol. The van der Waals surface area contributed by atoms with Crippen molar-refractivity contribution in [2.75, 3.05) is 0 Å². The number of nitrogens with zero attached hydrogens (tertiary/aromatic N) is 5. The molecule has 8 rings (SSSR count). The molecule has 0 aliphatic carbocycles. The SMILES string of the molecule is N#Cc1cc(C#N)cc(-c2cc3nc(-c4ccccc4)c(-c4ccccc4)nc3c3c2c(-c2ccccc2)nc2ccccc23)c1. The largest absolute Gasteiger partial charge is 0.247 e. The Morgan fingerprint density at radius 2 is 0.913 bits per heavy atom. The zero-order valence-corrected chi connectivity index (χ0v) is 24.5. The smallest absolute Gasteiger partial charge is 0.0992 e. The molecule has 0 saturated carbocycles. The first-order valence-electron chi connectivity index (χ1n) is 14.9. The van der Waals surface area contributed by atoms with E-state index < -0.39 is 0 Å². The minimum atomic E-state index is 0.410. The van der Waals surface area contributed by atoms with Gasteiger partial charge in [0.25, 0.3) is 0 Å². The van der Waals surface area contributed by atoms with Crippen molar-refractivity contribution in [1.29, 1.82) is 10.5 Å². The summed E-state index contributed by atoms with van der Waals surface area (Å²) in [6.07, 6.45) is 0. The molecule has 5 nitrogen and oxygen atoms in total. The van der Waals surface area contributed by atoms with Gasteiger partial charge in [0, 0.05) is 32.8 Å². The second kappa shape index (κ2) is 11.1. The molecule has 2 aromatic heterocycles. The van der Waals surface area contributed by atoms with Crippen LogP contribution in [0, 0.1) is 22.7 Å². The Balaban J connectivity index is 1.62. The molecule has 5 heteroatoms. The summed E-state index contributed by atoms with van der Waals surface area (Å²) < 4.78 is 0. The third kappa shape index (κ3) is 4.52. The quantitative estimate of drug-likeness (QED) is 0.192. The van der Waals surface area contributed by atoms with Gasteiger partial charge in [-0.25, -0.2) is 15.0 Å². The van der Waals surface area contributed by atoms with E-state index in [1.807, 2.05) is 103 Å². The van der Waals surface area contributed by atoms with Crippen molar-refractivity contribution in [2.45, 2.75) is 0 Å². The normalized spacial score (nSPS) is 11.0. The Morgan fingerprint density at radius 1 is 0.413 bits per heavy atom. The van der Waals surface area contributed by atoms with E-state index in [9.17, 15) is 10.5 Å². The van der Waals surface area contributed by atoms with Crippen LogP contribution in [0.2, 0.25) is 0 Å². The Bertz CT molecular complexity index is 2500. The molecule has 8 aromatic rings. The summed E-state index contributed by atoms with van der Waals surface area (Å²) in [6, 6.07) is 50.2. The maximum absolute atomic E-state index is 9.90. The lowest BCUT2D eigenvalue weighted by Crippen LogP contribution is -2.00. The van der Waals surface area contributed by atoms with Gasteiger partial charge in [-0.05, 0) is 41.5 Å². The maximum atomic E-state index is 9.90. The number of nitriles is 2. The minimum Gasteiger partial charge on any atom is -0.247 e. The average molecular weight is 586 g/mol. The highest BCUT2D eigenvalue weighted by Gasteiger charge is 2.22. The van der Waals surface area contributed by atoms with E-state index in [1.165, 1.54) is 0 Å². The van der Waals surface area contributed by atoms with Crippen LogP contribution in [-0.2, 0) is 0 Å². The van der Waals surface area contributed by atoms with Crippen LogP contribution in [-0.4, -0.2) is 15.0 Å². The molecule has 0 atom stereocenters. The molecule has 0 unspecified atom stereocenters. The molecule has 6 aromatic carbocycles. The van der Waals surface area contributed by atoms with Gasteiger partial charge in [-0.15, -0.1) is 0 Å². The third-order valence-corrected chi connectivity index (χ3v) is 8.25. The summed E-state index contributed by atoms with van der Waals surface area (Å²) >= 11 is 0. The first kappa shape index (κ1) is 26.9. The van der Waals surface area contributed by atoms with Crippen molar-refractivity contribution >= 4 is 32.7 Å². The van der Waals surface area contributed by atoms with Crippen molar-refractivity contribution in [1.82, 2.24) is 15.0 Å². The molecule has 212 valence electrons. The molecular formula is C41H23N5. The number of hydrogen-bond acceptors (Lipinski definition) is 5. The van der Waals surface area contributed by atoms with Crippen LogP contribution in [0.4, 0.5) is 0 Å². The van der Waals surface area contributed by atoms with Gasteiger partial charge < -0.3 is 0 Å². The average Bonchev–Trinajstić information content (AvgIpc) is 3.14. The van der Waals surface area contributed by atoms with E-state index in [0.717, 1.165) is 72.1 Å². The van der Waals surface area contributed by atoms with Gasteiger partial charge in [0.2, 0.25) is 0 Å². The zero-order chi connectivity index (χ0) is 31.0. The first-order chi connectivity index (χ1) is 22.7. The molecule has 0 spiro atoms. The summed E-state index contributed by atoms with van der Waals surface area (Å²) in [7, 11) is 0. The van der Waals surface area contributed by atoms with Gasteiger partial charge in [-0.3, -0.25) is 0 Å². The molecule has 0 aliphatic heterocycles. The Hall–Kier alpha value is -6.69. The molecule has 2 heterocycles. The molecule has 0 N–H and O–H groups in total. The highest BCUT2D eigenvalue weighted by atomic mass is 14.8. The van der Waals surface area contributed by atoms with Gasteiger partial charge in [-0.2, -0.15) is 10.5 Å². The molecule has 0 saturated heterocycles. The number of rotatable bonds is 4. The van der Waals surface area contributed by atoms with E-state index in [2.05, 4.69) is 42.5 Å². The molecule has 0 amide bonds. The van der Waals surface area contributed by atoms with E-state index in [1.54, 1.807) is 6.07 Å². The molecule has 0 aliphatic rings. The molecule has 0 fully saturated rings. The van der Waals surface area contributed by atoms with E-state index in [0.29, 0.717) is 16.6 Å². The van der Waals surface area contributed by atoms with Crippen LogP contribution in [0.1, 0.15) is 11.1 Å². The molecular weight excluding hydrogens is 562 g/mol. The number of para-hydroxylation sites is 1. The summed E-state index contributed by atoms with van der Waals surface area (Å²) in [6.45, 7) is 0. The fraction of sp³-hybridized carbons (Fsp3) is 0. The van der Waals surface area contributed by atoms with Crippen molar-refractivity contribution in [3.05, 3.63) is 151 Å². The van der Waals surface area contributed by atoms with Crippen LogP contribution >= 0.6 is 0 Å². The lowest BCUT2D eigenvalue weighted by atomic mass is 9.90. The first-order valence-corrected chi connectivity index (χ1v) is 14.9. The minimum absolute atomic E-state index is 0.410. The molecule has 0 bridgehead atoms. The van der Waals surface area contributed by atoms with Gasteiger partial charge in [0.15, 0.2) is 0 Å². The lowest BCUT2D eigenvalue weighted by molar-refractivity contribution is 1.30. The van der Waals surface area contributed by atoms with Crippen molar-refractivity contribution in [2.24, 2.45) is 0 Å². The standard InChI is InChI=1S/C41H23N5/c42-24-26-20-27(25-43)22-31(21-26)33-23-35-41(46-40(30-16-8-3-9-17-30)39(45-35)29-14-6-2-7-15-29)36-32-18-10-11-19-34(32)44-38(37(33)36)28-12-4-1-5-13-28/h1-23H. The van der Waals surface area contributed by atoms with Crippen molar-refractivity contribution in [3.8, 4) is 57.0 Å². The molecule has 46 heavy (non-hydrogen) atoms. The number of aromatic nitrogens is 3. The summed E-state index contributed by atoms with van der Waals surface area (Å²) in [5, 5.41) is 22.5. The Kier molecular flexibility index (Phi) is 6.49. The fourth-order valence-electron chi connectivity index (χ4n) is 6.20. The van der Waals surface area contributed by atoms with Gasteiger partial charge in [-0.1, -0.05) is 109 Å². The fourth-order valence-corrected chi connectivity index (χ4v) is 6.20. The van der Waals surface area contributed by atoms with Crippen LogP contribution in [0.5, 0.6) is 0 Å². The predicted octanol–water partition coefficient (Wildman–Crippen LogP) is 9.74. The highest BCUT2D eigenvalue weighted by molar-refractivity contribution is 6.25. The van der Waals surface area contributed by atoms with Crippen LogP contribution in [0.15, 0.2) is 140 Å². The Morgan fingerprint density at radius 3 is 1.50 bits per heavy atom. The van der Waals surface area contributed by atoms with Crippen LogP contribution < -0.4 is 0 Å². The van der Waals surface area contributed by atoms with Gasteiger partial charge in [0.05, 0.1) is 56.9 Å². The topological polar surface area (TPSA) is 86.2 Å². The number of fused-ring (bicyclic) bond motifs is 5. The van der Waals surface area contributed by atoms with Crippen molar-refractivity contribution in [3.63, 3.8) is 0 Å². The number of hydrogen-bond donors (Lipinski definition) is 0. The van der Waals surface area contributed by atoms with E-state index >= 15 is 0 Å². The third-order valence-electron chi connectivity index (χ3n) is 8.25. The van der Waals surface area contributed by atoms with Gasteiger partial charge >= 0.3 is 0 Å². The second-order valence-corrected chi connectivity index (χ2v) is 11.1. The predicted molar refractivity (Wildman–Crippen MR) is 184 cm³/mol. The van der Waals surface area contributed by atoms with Crippen LogP contribution in [0.3, 0.4) is 0 Å². The second-order valence-electron chi connectivity index (χ2n) is 11.1. The van der Waals surface area contributed by atoms with Gasteiger partial charge in [0.1, 0.15) is 0 Å². The number of benzene rings is 6. The van der Waals surface area contributed by atoms with Crippen molar-refractivity contribution < 1.29 is 0 Å². The maximum Gasteiger partial charge on any atom is 0.0992 e. The van der Waals surface area contributed by atoms with E-state index in [4.69, 9.17) is 15.0 Å². The molecule has 0 radical (unpaired) electrons. The highest BCUT2D eigenvalue weighted by Crippen LogP contribution is 2.44. The zero-order valence-electron chi connectivity index (χ0n) is 24.5. The summed E-state index contributed by atoms with van der Waals surface area (Å²) in [5.74, 6) is 0. The summed E-state index contributed by atoms with van der Waals surface area (Å²) in [4.78, 5) is 16.0.